The van der Waals surface area contributed by atoms with Crippen molar-refractivity contribution in [3.63, 3.8) is 0 Å². The number of anilines is 1. The van der Waals surface area contributed by atoms with Crippen LogP contribution in [0, 0.1) is 5.92 Å². The zero-order valence-corrected chi connectivity index (χ0v) is 19.7. The second-order valence-corrected chi connectivity index (χ2v) is 9.39. The Morgan fingerprint density at radius 3 is 2.53 bits per heavy atom. The summed E-state index contributed by atoms with van der Waals surface area (Å²) in [6, 6.07) is 6.08. The van der Waals surface area contributed by atoms with Gasteiger partial charge in [0.05, 0.1) is 22.3 Å². The van der Waals surface area contributed by atoms with Crippen LogP contribution >= 0.6 is 34.8 Å². The van der Waals surface area contributed by atoms with Crippen LogP contribution in [-0.2, 0) is 4.74 Å². The molecule has 0 bridgehead atoms. The first kappa shape index (κ1) is 23.8. The van der Waals surface area contributed by atoms with Crippen LogP contribution in [0.1, 0.15) is 38.5 Å². The van der Waals surface area contributed by atoms with Gasteiger partial charge in [0.25, 0.3) is 0 Å². The molecule has 0 aromatic heterocycles. The molecule has 1 saturated heterocycles. The van der Waals surface area contributed by atoms with Crippen molar-refractivity contribution in [3.8, 4) is 0 Å². The molecule has 1 aliphatic carbocycles. The molecule has 3 rings (SSSR count). The smallest absolute Gasteiger partial charge is 0.407 e. The molecule has 0 atom stereocenters. The lowest BCUT2D eigenvalue weighted by Crippen LogP contribution is -2.47. The molecule has 1 aliphatic heterocycles. The maximum Gasteiger partial charge on any atom is 0.407 e. The minimum absolute atomic E-state index is 0.246. The van der Waals surface area contributed by atoms with Crippen LogP contribution in [0.15, 0.2) is 18.2 Å². The van der Waals surface area contributed by atoms with Crippen LogP contribution in [0.5, 0.6) is 0 Å². The van der Waals surface area contributed by atoms with Crippen molar-refractivity contribution in [2.75, 3.05) is 50.1 Å². The molecular formula is C22H32Cl3N3O2. The molecule has 2 aliphatic rings. The van der Waals surface area contributed by atoms with Crippen molar-refractivity contribution in [2.24, 2.45) is 5.92 Å². The highest BCUT2D eigenvalue weighted by Gasteiger charge is 2.24. The molecule has 0 unspecified atom stereocenters. The van der Waals surface area contributed by atoms with Gasteiger partial charge in [-0.15, -0.1) is 11.6 Å². The van der Waals surface area contributed by atoms with Crippen molar-refractivity contribution in [1.29, 1.82) is 0 Å². The fourth-order valence-corrected chi connectivity index (χ4v) is 4.86. The summed E-state index contributed by atoms with van der Waals surface area (Å²) >= 11 is 18.1. The Bertz CT molecular complexity index is 676. The van der Waals surface area contributed by atoms with Gasteiger partial charge in [-0.2, -0.15) is 0 Å². The molecule has 2 fully saturated rings. The highest BCUT2D eigenvalue weighted by molar-refractivity contribution is 6.43. The fourth-order valence-electron chi connectivity index (χ4n) is 4.34. The van der Waals surface area contributed by atoms with E-state index >= 15 is 0 Å². The van der Waals surface area contributed by atoms with Crippen LogP contribution in [0.25, 0.3) is 0 Å². The standard InChI is InChI=1S/C22H32Cl3N3O2/c23-10-2-16-30-22(29)26-18-7-5-17(6-8-18)9-11-27-12-14-28(15-13-27)20-4-1-3-19(24)21(20)25/h1,3-4,17-18H,2,5-16H2,(H,26,29)/t17-,18-. The summed E-state index contributed by atoms with van der Waals surface area (Å²) in [4.78, 5) is 16.6. The first-order valence-corrected chi connectivity index (χ1v) is 12.3. The second kappa shape index (κ2) is 12.2. The summed E-state index contributed by atoms with van der Waals surface area (Å²) in [5, 5.41) is 4.26. The lowest BCUT2D eigenvalue weighted by atomic mass is 9.84. The van der Waals surface area contributed by atoms with Gasteiger partial charge in [-0.25, -0.2) is 4.79 Å². The first-order chi connectivity index (χ1) is 14.6. The topological polar surface area (TPSA) is 44.8 Å². The number of alkyl carbamates (subject to hydrolysis) is 1. The van der Waals surface area contributed by atoms with Crippen molar-refractivity contribution < 1.29 is 9.53 Å². The van der Waals surface area contributed by atoms with E-state index in [9.17, 15) is 4.79 Å². The molecule has 1 amide bonds. The lowest BCUT2D eigenvalue weighted by Gasteiger charge is -2.37. The Balaban J connectivity index is 1.31. The van der Waals surface area contributed by atoms with Crippen LogP contribution < -0.4 is 10.2 Å². The molecule has 1 saturated carbocycles. The molecule has 1 N–H and O–H groups in total. The summed E-state index contributed by atoms with van der Waals surface area (Å²) in [5.74, 6) is 1.26. The minimum atomic E-state index is -0.304. The molecule has 1 aromatic rings. The van der Waals surface area contributed by atoms with E-state index in [1.807, 2.05) is 18.2 Å². The third kappa shape index (κ3) is 7.08. The third-order valence-corrected chi connectivity index (χ3v) is 7.25. The summed E-state index contributed by atoms with van der Waals surface area (Å²) < 4.78 is 5.13. The molecule has 0 radical (unpaired) electrons. The molecule has 1 aromatic carbocycles. The Morgan fingerprint density at radius 2 is 1.83 bits per heavy atom. The van der Waals surface area contributed by atoms with E-state index in [1.54, 1.807) is 0 Å². The van der Waals surface area contributed by atoms with E-state index in [-0.39, 0.29) is 12.1 Å². The van der Waals surface area contributed by atoms with Crippen molar-refractivity contribution in [2.45, 2.75) is 44.6 Å². The van der Waals surface area contributed by atoms with Gasteiger partial charge in [-0.3, -0.25) is 4.90 Å². The number of carbonyl (C=O) groups excluding carboxylic acids is 1. The predicted octanol–water partition coefficient (Wildman–Crippen LogP) is 5.42. The number of nitrogens with zero attached hydrogens (tertiary/aromatic N) is 2. The Kier molecular flexibility index (Phi) is 9.69. The van der Waals surface area contributed by atoms with E-state index in [1.165, 1.54) is 19.3 Å². The van der Waals surface area contributed by atoms with Gasteiger partial charge < -0.3 is 15.0 Å². The molecule has 1 heterocycles. The molecule has 30 heavy (non-hydrogen) atoms. The molecule has 168 valence electrons. The van der Waals surface area contributed by atoms with Gasteiger partial charge in [0.15, 0.2) is 0 Å². The Morgan fingerprint density at radius 1 is 1.10 bits per heavy atom. The largest absolute Gasteiger partial charge is 0.450 e. The van der Waals surface area contributed by atoms with Gasteiger partial charge in [0, 0.05) is 38.1 Å². The monoisotopic (exact) mass is 475 g/mol. The van der Waals surface area contributed by atoms with E-state index < -0.39 is 0 Å². The highest BCUT2D eigenvalue weighted by atomic mass is 35.5. The normalized spacial score (nSPS) is 22.7. The summed E-state index contributed by atoms with van der Waals surface area (Å²) in [6.07, 6.45) is 6.04. The van der Waals surface area contributed by atoms with Gasteiger partial charge in [-0.05, 0) is 63.1 Å². The average molecular weight is 477 g/mol. The molecule has 5 nitrogen and oxygen atoms in total. The summed E-state index contributed by atoms with van der Waals surface area (Å²) in [7, 11) is 0. The van der Waals surface area contributed by atoms with E-state index in [4.69, 9.17) is 39.5 Å². The number of ether oxygens (including phenoxy) is 1. The van der Waals surface area contributed by atoms with Gasteiger partial charge in [0.2, 0.25) is 0 Å². The Hall–Kier alpha value is -0.880. The SMILES string of the molecule is O=C(N[C@H]1CC[C@H](CCN2CCN(c3cccc(Cl)c3Cl)CC2)CC1)OCCCCl. The second-order valence-electron chi connectivity index (χ2n) is 8.23. The average Bonchev–Trinajstić information content (AvgIpc) is 2.76. The number of nitrogens with one attached hydrogen (secondary N) is 1. The third-order valence-electron chi connectivity index (χ3n) is 6.18. The van der Waals surface area contributed by atoms with Crippen LogP contribution in [0.2, 0.25) is 10.0 Å². The minimum Gasteiger partial charge on any atom is -0.450 e. The predicted molar refractivity (Wildman–Crippen MR) is 125 cm³/mol. The number of alkyl halides is 1. The molecular weight excluding hydrogens is 445 g/mol. The lowest BCUT2D eigenvalue weighted by molar-refractivity contribution is 0.136. The Labute approximate surface area is 195 Å². The van der Waals surface area contributed by atoms with E-state index in [0.29, 0.717) is 29.0 Å². The number of piperazine rings is 1. The molecule has 0 spiro atoms. The van der Waals surface area contributed by atoms with E-state index in [0.717, 1.165) is 57.2 Å². The zero-order valence-electron chi connectivity index (χ0n) is 17.4. The van der Waals surface area contributed by atoms with Crippen LogP contribution in [0.3, 0.4) is 0 Å². The number of hydrogen-bond acceptors (Lipinski definition) is 4. The first-order valence-electron chi connectivity index (χ1n) is 11.0. The maximum absolute atomic E-state index is 11.8. The van der Waals surface area contributed by atoms with Gasteiger partial charge in [-0.1, -0.05) is 29.3 Å². The van der Waals surface area contributed by atoms with Crippen molar-refractivity contribution >= 4 is 46.6 Å². The number of amides is 1. The number of carbonyl (C=O) groups is 1. The number of rotatable bonds is 8. The summed E-state index contributed by atoms with van der Waals surface area (Å²) in [6.45, 7) is 5.58. The highest BCUT2D eigenvalue weighted by Crippen LogP contribution is 2.33. The van der Waals surface area contributed by atoms with Crippen molar-refractivity contribution in [3.05, 3.63) is 28.2 Å². The summed E-state index contributed by atoms with van der Waals surface area (Å²) in [5.41, 5.74) is 1.04. The number of hydrogen-bond donors (Lipinski definition) is 1. The fraction of sp³-hybridized carbons (Fsp3) is 0.682. The number of halogens is 3. The maximum atomic E-state index is 11.8. The molecule has 8 heteroatoms. The quantitative estimate of drug-likeness (QED) is 0.402. The van der Waals surface area contributed by atoms with Gasteiger partial charge in [0.1, 0.15) is 0 Å². The zero-order chi connectivity index (χ0) is 21.3. The van der Waals surface area contributed by atoms with Gasteiger partial charge >= 0.3 is 6.09 Å². The van der Waals surface area contributed by atoms with Crippen molar-refractivity contribution in [1.82, 2.24) is 10.2 Å². The van der Waals surface area contributed by atoms with Crippen LogP contribution in [-0.4, -0.2) is 62.2 Å². The van der Waals surface area contributed by atoms with Crippen LogP contribution in [0.4, 0.5) is 10.5 Å². The van der Waals surface area contributed by atoms with E-state index in [2.05, 4.69) is 15.1 Å². The number of benzene rings is 1.